The van der Waals surface area contributed by atoms with Gasteiger partial charge in [0.2, 0.25) is 23.5 Å². The van der Waals surface area contributed by atoms with Gasteiger partial charge < -0.3 is 39.4 Å². The highest BCUT2D eigenvalue weighted by Gasteiger charge is 2.35. The molecule has 56 heavy (non-hydrogen) atoms. The molecule has 2 heterocycles. The molecule has 0 fully saturated rings. The van der Waals surface area contributed by atoms with Crippen LogP contribution in [0.15, 0.2) is 57.5 Å². The minimum Gasteiger partial charge on any atom is -0.481 e. The molecule has 2 unspecified atom stereocenters. The number of aliphatic carboxylic acids is 2. The van der Waals surface area contributed by atoms with Crippen LogP contribution in [0.1, 0.15) is 72.3 Å². The number of aromatic nitrogens is 2. The van der Waals surface area contributed by atoms with E-state index < -0.39 is 36.2 Å². The van der Waals surface area contributed by atoms with E-state index in [1.807, 2.05) is 12.1 Å². The standard InChI is InChI=1S/C40H44Br2N4O10/c1-39(19-47,37(49)50)43-17-21-15-29(41)35(45-33(21)53-3)55-31-13-11-25-23(7-5-9-27(25)31)24-8-6-10-28-26(24)12-14-32(28)56-36-30(42)16-22(34(46-36)54-4)18-44-40(2,20-48)38(51)52/h5-10,15-16,31-32,43-44,47-48H,11-14,17-20H2,1-4H3,(H,49,50)(H,51,52)/t31-,32-,39?,40?/m0/s1. The SMILES string of the molecule is COc1nc(O[C@H]2CCc3c(-c4cccc5c4CC[C@@H]5Oc4nc(OC)c(CNC(C)(CO)C(=O)O)cc4Br)cccc32)c(Br)cc1CNC(C)(CO)C(=O)O. The highest BCUT2D eigenvalue weighted by atomic mass is 79.9. The Bertz CT molecular complexity index is 1990. The third-order valence-corrected chi connectivity index (χ3v) is 11.6. The van der Waals surface area contributed by atoms with E-state index in [1.165, 1.54) is 39.2 Å². The van der Waals surface area contributed by atoms with Crippen molar-refractivity contribution in [1.82, 2.24) is 20.6 Å². The summed E-state index contributed by atoms with van der Waals surface area (Å²) in [6.07, 6.45) is 2.54. The van der Waals surface area contributed by atoms with Crippen LogP contribution < -0.4 is 29.6 Å². The van der Waals surface area contributed by atoms with Crippen molar-refractivity contribution in [3.05, 3.63) is 90.9 Å². The molecule has 298 valence electrons. The lowest BCUT2D eigenvalue weighted by Gasteiger charge is -2.24. The Morgan fingerprint density at radius 1 is 0.714 bits per heavy atom. The van der Waals surface area contributed by atoms with Crippen molar-refractivity contribution < 1.29 is 49.0 Å². The number of methoxy groups -OCH3 is 2. The Morgan fingerprint density at radius 3 is 1.45 bits per heavy atom. The fraction of sp³-hybridized carbons (Fsp3) is 0.400. The normalized spacial score (nSPS) is 18.0. The lowest BCUT2D eigenvalue weighted by atomic mass is 9.91. The van der Waals surface area contributed by atoms with E-state index >= 15 is 0 Å². The van der Waals surface area contributed by atoms with Gasteiger partial charge >= 0.3 is 11.9 Å². The van der Waals surface area contributed by atoms with Gasteiger partial charge in [0.25, 0.3) is 0 Å². The number of hydrogen-bond donors (Lipinski definition) is 6. The van der Waals surface area contributed by atoms with Crippen LogP contribution >= 0.6 is 31.9 Å². The highest BCUT2D eigenvalue weighted by molar-refractivity contribution is 9.10. The summed E-state index contributed by atoms with van der Waals surface area (Å²) in [4.78, 5) is 32.6. The Kier molecular flexibility index (Phi) is 12.6. The lowest BCUT2D eigenvalue weighted by molar-refractivity contribution is -0.146. The van der Waals surface area contributed by atoms with Crippen LogP contribution in [0.5, 0.6) is 23.5 Å². The maximum atomic E-state index is 11.7. The number of hydrogen-bond acceptors (Lipinski definition) is 12. The van der Waals surface area contributed by atoms with Gasteiger partial charge in [-0.05, 0) is 117 Å². The smallest absolute Gasteiger partial charge is 0.326 e. The van der Waals surface area contributed by atoms with Crippen LogP contribution in [0.3, 0.4) is 0 Å². The number of fused-ring (bicyclic) bond motifs is 2. The number of halogens is 2. The van der Waals surface area contributed by atoms with Crippen LogP contribution in [-0.2, 0) is 35.5 Å². The molecule has 0 saturated carbocycles. The number of pyridine rings is 2. The first-order chi connectivity index (χ1) is 26.7. The number of aliphatic hydroxyl groups excluding tert-OH is 2. The number of ether oxygens (including phenoxy) is 4. The number of aliphatic hydroxyl groups is 2. The van der Waals surface area contributed by atoms with Crippen LogP contribution in [0, 0.1) is 0 Å². The van der Waals surface area contributed by atoms with E-state index in [0.29, 0.717) is 31.8 Å². The minimum absolute atomic E-state index is 0.0924. The molecule has 0 saturated heterocycles. The number of carboxylic acid groups (broad SMARTS) is 2. The number of carbonyl (C=O) groups is 2. The molecule has 0 spiro atoms. The summed E-state index contributed by atoms with van der Waals surface area (Å²) in [7, 11) is 2.97. The van der Waals surface area contributed by atoms with Gasteiger partial charge in [0.05, 0.1) is 36.4 Å². The Labute approximate surface area is 340 Å². The topological polar surface area (TPSA) is 202 Å². The molecule has 4 aromatic rings. The molecular weight excluding hydrogens is 856 g/mol. The van der Waals surface area contributed by atoms with Crippen molar-refractivity contribution in [3.8, 4) is 34.6 Å². The molecule has 2 aromatic carbocycles. The zero-order valence-corrected chi connectivity index (χ0v) is 34.5. The summed E-state index contributed by atoms with van der Waals surface area (Å²) in [5, 5.41) is 44.1. The number of rotatable bonds is 17. The van der Waals surface area contributed by atoms with Gasteiger partial charge in [-0.3, -0.25) is 20.2 Å². The van der Waals surface area contributed by atoms with Gasteiger partial charge in [-0.25, -0.2) is 0 Å². The molecule has 6 N–H and O–H groups in total. The van der Waals surface area contributed by atoms with Crippen LogP contribution in [0.4, 0.5) is 0 Å². The first-order valence-electron chi connectivity index (χ1n) is 18.0. The lowest BCUT2D eigenvalue weighted by Crippen LogP contribution is -2.52. The molecule has 0 aliphatic heterocycles. The largest absolute Gasteiger partial charge is 0.481 e. The fourth-order valence-corrected chi connectivity index (χ4v) is 7.91. The Hall–Kier alpha value is -4.32. The number of nitrogens with one attached hydrogen (secondary N) is 2. The number of benzene rings is 2. The van der Waals surface area contributed by atoms with Gasteiger partial charge in [-0.2, -0.15) is 9.97 Å². The van der Waals surface area contributed by atoms with Gasteiger partial charge in [0.15, 0.2) is 0 Å². The van der Waals surface area contributed by atoms with E-state index in [0.717, 1.165) is 47.9 Å². The van der Waals surface area contributed by atoms with Gasteiger partial charge in [-0.1, -0.05) is 36.4 Å². The maximum Gasteiger partial charge on any atom is 0.326 e. The first kappa shape index (κ1) is 41.3. The molecule has 2 aromatic heterocycles. The first-order valence-corrected chi connectivity index (χ1v) is 19.6. The minimum atomic E-state index is -1.53. The summed E-state index contributed by atoms with van der Waals surface area (Å²) in [5.74, 6) is -1.09. The predicted molar refractivity (Wildman–Crippen MR) is 212 cm³/mol. The second kappa shape index (κ2) is 17.0. The fourth-order valence-electron chi connectivity index (χ4n) is 6.99. The van der Waals surface area contributed by atoms with Gasteiger partial charge in [0.1, 0.15) is 23.3 Å². The van der Waals surface area contributed by atoms with E-state index in [-0.39, 0.29) is 37.1 Å². The summed E-state index contributed by atoms with van der Waals surface area (Å²) in [5.41, 5.74) is 4.95. The maximum absolute atomic E-state index is 11.7. The van der Waals surface area contributed by atoms with Crippen LogP contribution in [0.25, 0.3) is 11.1 Å². The van der Waals surface area contributed by atoms with Crippen molar-refractivity contribution in [2.45, 2.75) is 75.9 Å². The van der Waals surface area contributed by atoms with E-state index in [1.54, 1.807) is 12.1 Å². The van der Waals surface area contributed by atoms with Crippen LogP contribution in [0.2, 0.25) is 0 Å². The number of carboxylic acids is 2. The zero-order chi connectivity index (χ0) is 40.4. The van der Waals surface area contributed by atoms with E-state index in [2.05, 4.69) is 76.7 Å². The third kappa shape index (κ3) is 8.22. The Morgan fingerprint density at radius 2 is 1.11 bits per heavy atom. The average Bonchev–Trinajstić information content (AvgIpc) is 3.81. The quantitative estimate of drug-likeness (QED) is 0.0757. The van der Waals surface area contributed by atoms with Crippen molar-refractivity contribution >= 4 is 43.8 Å². The van der Waals surface area contributed by atoms with Crippen molar-refractivity contribution in [2.24, 2.45) is 0 Å². The molecule has 2 aliphatic carbocycles. The van der Waals surface area contributed by atoms with E-state index in [4.69, 9.17) is 18.9 Å². The molecule has 0 bridgehead atoms. The molecular formula is C40H44Br2N4O10. The molecule has 0 radical (unpaired) electrons. The summed E-state index contributed by atoms with van der Waals surface area (Å²) in [6, 6.07) is 16.1. The molecule has 14 nitrogen and oxygen atoms in total. The number of nitrogens with zero attached hydrogens (tertiary/aromatic N) is 2. The summed E-state index contributed by atoms with van der Waals surface area (Å²) < 4.78 is 25.3. The Balaban J connectivity index is 1.21. The molecule has 0 amide bonds. The van der Waals surface area contributed by atoms with Crippen molar-refractivity contribution in [3.63, 3.8) is 0 Å². The van der Waals surface area contributed by atoms with Gasteiger partial charge in [0, 0.05) is 24.2 Å². The second-order valence-corrected chi connectivity index (χ2v) is 15.9. The average molecular weight is 901 g/mol. The summed E-state index contributed by atoms with van der Waals surface area (Å²) in [6.45, 7) is 1.82. The van der Waals surface area contributed by atoms with Crippen molar-refractivity contribution in [1.29, 1.82) is 0 Å². The monoisotopic (exact) mass is 898 g/mol. The molecule has 6 rings (SSSR count). The van der Waals surface area contributed by atoms with Gasteiger partial charge in [-0.15, -0.1) is 0 Å². The molecule has 2 aliphatic rings. The highest BCUT2D eigenvalue weighted by Crippen LogP contribution is 2.46. The zero-order valence-electron chi connectivity index (χ0n) is 31.3. The van der Waals surface area contributed by atoms with Crippen LogP contribution in [-0.4, -0.2) is 80.8 Å². The van der Waals surface area contributed by atoms with Crippen molar-refractivity contribution in [2.75, 3.05) is 27.4 Å². The second-order valence-electron chi connectivity index (χ2n) is 14.2. The molecule has 4 atom stereocenters. The summed E-state index contributed by atoms with van der Waals surface area (Å²) >= 11 is 7.16. The van der Waals surface area contributed by atoms with E-state index in [9.17, 15) is 30.0 Å². The molecule has 16 heteroatoms. The third-order valence-electron chi connectivity index (χ3n) is 10.5. The predicted octanol–water partition coefficient (Wildman–Crippen LogP) is 5.67.